The van der Waals surface area contributed by atoms with Crippen LogP contribution in [0, 0.1) is 6.92 Å². The van der Waals surface area contributed by atoms with E-state index in [1.807, 2.05) is 6.07 Å². The third-order valence-corrected chi connectivity index (χ3v) is 2.42. The summed E-state index contributed by atoms with van der Waals surface area (Å²) in [4.78, 5) is 2.21. The van der Waals surface area contributed by atoms with E-state index in [0.29, 0.717) is 6.54 Å². The van der Waals surface area contributed by atoms with E-state index >= 15 is 0 Å². The molecule has 0 amide bonds. The predicted molar refractivity (Wildman–Crippen MR) is 63.1 cm³/mol. The van der Waals surface area contributed by atoms with Gasteiger partial charge in [0.05, 0.1) is 7.11 Å². The Balaban J connectivity index is 2.66. The van der Waals surface area contributed by atoms with Gasteiger partial charge in [0.2, 0.25) is 0 Å². The molecule has 0 fully saturated rings. The Hall–Kier alpha value is -1.06. The molecule has 0 heterocycles. The summed E-state index contributed by atoms with van der Waals surface area (Å²) in [5.41, 5.74) is 7.97. The molecule has 0 aromatic heterocycles. The number of hydrogen-bond acceptors (Lipinski definition) is 3. The monoisotopic (exact) mass is 208 g/mol. The fourth-order valence-electron chi connectivity index (χ4n) is 1.65. The largest absolute Gasteiger partial charge is 0.496 e. The molecule has 1 aromatic rings. The van der Waals surface area contributed by atoms with Gasteiger partial charge in [-0.25, -0.2) is 0 Å². The van der Waals surface area contributed by atoms with Crippen molar-refractivity contribution in [2.45, 2.75) is 13.5 Å². The molecule has 3 nitrogen and oxygen atoms in total. The molecule has 3 heteroatoms. The minimum atomic E-state index is 0.700. The molecule has 0 unspecified atom stereocenters. The van der Waals surface area contributed by atoms with Crippen LogP contribution in [0.1, 0.15) is 11.1 Å². The molecule has 0 saturated heterocycles. The van der Waals surface area contributed by atoms with Crippen molar-refractivity contribution < 1.29 is 4.74 Å². The second-order valence-corrected chi connectivity index (χ2v) is 3.83. The molecule has 84 valence electrons. The number of methoxy groups -OCH3 is 1. The van der Waals surface area contributed by atoms with E-state index in [0.717, 1.165) is 18.8 Å². The van der Waals surface area contributed by atoms with Crippen molar-refractivity contribution in [3.8, 4) is 5.75 Å². The standard InChI is InChI=1S/C12H20N2O/c1-10-8-11(4-5-12(10)15-3)9-14(2)7-6-13/h4-5,8H,6-7,9,13H2,1-3H3. The van der Waals surface area contributed by atoms with Gasteiger partial charge in [0.1, 0.15) is 5.75 Å². The van der Waals surface area contributed by atoms with E-state index in [1.54, 1.807) is 7.11 Å². The smallest absolute Gasteiger partial charge is 0.121 e. The van der Waals surface area contributed by atoms with E-state index in [9.17, 15) is 0 Å². The second-order valence-electron chi connectivity index (χ2n) is 3.83. The fraction of sp³-hybridized carbons (Fsp3) is 0.500. The number of benzene rings is 1. The van der Waals surface area contributed by atoms with Crippen LogP contribution < -0.4 is 10.5 Å². The SMILES string of the molecule is COc1ccc(CN(C)CCN)cc1C. The molecule has 0 spiro atoms. The zero-order valence-electron chi connectivity index (χ0n) is 9.79. The first-order valence-corrected chi connectivity index (χ1v) is 5.19. The van der Waals surface area contributed by atoms with Crippen molar-refractivity contribution in [3.63, 3.8) is 0 Å². The Morgan fingerprint density at radius 3 is 2.67 bits per heavy atom. The Kier molecular flexibility index (Phi) is 4.59. The van der Waals surface area contributed by atoms with E-state index in [-0.39, 0.29) is 0 Å². The predicted octanol–water partition coefficient (Wildman–Crippen LogP) is 1.39. The van der Waals surface area contributed by atoms with Crippen LogP contribution in [0.4, 0.5) is 0 Å². The molecule has 0 radical (unpaired) electrons. The lowest BCUT2D eigenvalue weighted by atomic mass is 10.1. The molecule has 1 rings (SSSR count). The third kappa shape index (κ3) is 3.53. The van der Waals surface area contributed by atoms with Crippen LogP contribution >= 0.6 is 0 Å². The van der Waals surface area contributed by atoms with Crippen LogP contribution in [0.5, 0.6) is 5.75 Å². The molecule has 0 aliphatic rings. The van der Waals surface area contributed by atoms with Gasteiger partial charge in [-0.15, -0.1) is 0 Å². The molecule has 2 N–H and O–H groups in total. The molecule has 0 aliphatic heterocycles. The molecule has 0 aliphatic carbocycles. The van der Waals surface area contributed by atoms with E-state index in [1.165, 1.54) is 11.1 Å². The number of ether oxygens (including phenoxy) is 1. The van der Waals surface area contributed by atoms with Crippen LogP contribution in [-0.2, 0) is 6.54 Å². The molecular formula is C12H20N2O. The lowest BCUT2D eigenvalue weighted by Crippen LogP contribution is -2.24. The van der Waals surface area contributed by atoms with Crippen LogP contribution in [0.25, 0.3) is 0 Å². The third-order valence-electron chi connectivity index (χ3n) is 2.42. The Labute approximate surface area is 91.8 Å². The summed E-state index contributed by atoms with van der Waals surface area (Å²) in [5, 5.41) is 0. The van der Waals surface area contributed by atoms with Gasteiger partial charge in [-0.3, -0.25) is 0 Å². The number of rotatable bonds is 5. The fourth-order valence-corrected chi connectivity index (χ4v) is 1.65. The Morgan fingerprint density at radius 2 is 2.13 bits per heavy atom. The van der Waals surface area contributed by atoms with Crippen LogP contribution in [0.15, 0.2) is 18.2 Å². The number of hydrogen-bond donors (Lipinski definition) is 1. The first-order valence-electron chi connectivity index (χ1n) is 5.19. The minimum Gasteiger partial charge on any atom is -0.496 e. The average molecular weight is 208 g/mol. The first-order chi connectivity index (χ1) is 7.17. The number of aryl methyl sites for hydroxylation is 1. The van der Waals surface area contributed by atoms with Gasteiger partial charge in [0.15, 0.2) is 0 Å². The number of likely N-dealkylation sites (N-methyl/N-ethyl adjacent to an activating group) is 1. The van der Waals surface area contributed by atoms with Crippen molar-refractivity contribution in [2.24, 2.45) is 5.73 Å². The minimum absolute atomic E-state index is 0.700. The van der Waals surface area contributed by atoms with Crippen LogP contribution in [-0.4, -0.2) is 32.1 Å². The maximum absolute atomic E-state index is 5.50. The summed E-state index contributed by atoms with van der Waals surface area (Å²) in [6.07, 6.45) is 0. The van der Waals surface area contributed by atoms with E-state index in [2.05, 4.69) is 31.0 Å². The van der Waals surface area contributed by atoms with Crippen molar-refractivity contribution in [2.75, 3.05) is 27.2 Å². The quantitative estimate of drug-likeness (QED) is 0.794. The van der Waals surface area contributed by atoms with Crippen molar-refractivity contribution in [1.82, 2.24) is 4.90 Å². The topological polar surface area (TPSA) is 38.5 Å². The average Bonchev–Trinajstić information content (AvgIpc) is 2.18. The highest BCUT2D eigenvalue weighted by molar-refractivity contribution is 5.36. The molecule has 15 heavy (non-hydrogen) atoms. The van der Waals surface area contributed by atoms with Crippen LogP contribution in [0.2, 0.25) is 0 Å². The van der Waals surface area contributed by atoms with Crippen LogP contribution in [0.3, 0.4) is 0 Å². The summed E-state index contributed by atoms with van der Waals surface area (Å²) < 4.78 is 5.22. The zero-order chi connectivity index (χ0) is 11.3. The van der Waals surface area contributed by atoms with Gasteiger partial charge >= 0.3 is 0 Å². The second kappa shape index (κ2) is 5.73. The van der Waals surface area contributed by atoms with Gasteiger partial charge in [0, 0.05) is 19.6 Å². The maximum atomic E-state index is 5.50. The number of nitrogens with zero attached hydrogens (tertiary/aromatic N) is 1. The highest BCUT2D eigenvalue weighted by Gasteiger charge is 2.02. The highest BCUT2D eigenvalue weighted by Crippen LogP contribution is 2.18. The van der Waals surface area contributed by atoms with Crippen molar-refractivity contribution in [1.29, 1.82) is 0 Å². The number of nitrogens with two attached hydrogens (primary N) is 1. The molecule has 0 bridgehead atoms. The Bertz CT molecular complexity index is 312. The summed E-state index contributed by atoms with van der Waals surface area (Å²) in [5.74, 6) is 0.945. The molecule has 1 aromatic carbocycles. The van der Waals surface area contributed by atoms with Gasteiger partial charge in [0.25, 0.3) is 0 Å². The summed E-state index contributed by atoms with van der Waals surface area (Å²) >= 11 is 0. The zero-order valence-corrected chi connectivity index (χ0v) is 9.79. The lowest BCUT2D eigenvalue weighted by molar-refractivity contribution is 0.336. The molecule has 0 atom stereocenters. The normalized spacial score (nSPS) is 10.7. The van der Waals surface area contributed by atoms with Gasteiger partial charge < -0.3 is 15.4 Å². The summed E-state index contributed by atoms with van der Waals surface area (Å²) in [6, 6.07) is 6.27. The maximum Gasteiger partial charge on any atom is 0.121 e. The lowest BCUT2D eigenvalue weighted by Gasteiger charge is -2.16. The highest BCUT2D eigenvalue weighted by atomic mass is 16.5. The van der Waals surface area contributed by atoms with Gasteiger partial charge in [-0.05, 0) is 31.2 Å². The van der Waals surface area contributed by atoms with E-state index < -0.39 is 0 Å². The summed E-state index contributed by atoms with van der Waals surface area (Å²) in [6.45, 7) is 4.62. The molecular weight excluding hydrogens is 188 g/mol. The van der Waals surface area contributed by atoms with E-state index in [4.69, 9.17) is 10.5 Å². The van der Waals surface area contributed by atoms with Gasteiger partial charge in [-0.1, -0.05) is 12.1 Å². The van der Waals surface area contributed by atoms with Crippen molar-refractivity contribution >= 4 is 0 Å². The first kappa shape index (κ1) is 12.0. The van der Waals surface area contributed by atoms with Gasteiger partial charge in [-0.2, -0.15) is 0 Å². The molecule has 0 saturated carbocycles. The van der Waals surface area contributed by atoms with Crippen molar-refractivity contribution in [3.05, 3.63) is 29.3 Å². The Morgan fingerprint density at radius 1 is 1.40 bits per heavy atom. The summed E-state index contributed by atoms with van der Waals surface area (Å²) in [7, 11) is 3.77.